The fourth-order valence-electron chi connectivity index (χ4n) is 2.02. The van der Waals surface area contributed by atoms with E-state index < -0.39 is 18.0 Å². The van der Waals surface area contributed by atoms with Gasteiger partial charge in [0.1, 0.15) is 6.04 Å². The van der Waals surface area contributed by atoms with Crippen LogP contribution in [0, 0.1) is 0 Å². The van der Waals surface area contributed by atoms with Crippen molar-refractivity contribution in [1.82, 2.24) is 20.5 Å². The summed E-state index contributed by atoms with van der Waals surface area (Å²) >= 11 is 1.56. The van der Waals surface area contributed by atoms with Crippen LogP contribution in [0.4, 0.5) is 4.79 Å². The molecule has 140 valence electrons. The molecular weight excluding hydrogens is 344 g/mol. The Kier molecular flexibility index (Phi) is 8.33. The zero-order valence-corrected chi connectivity index (χ0v) is 16.1. The summed E-state index contributed by atoms with van der Waals surface area (Å²) in [5, 5.41) is 8.16. The Morgan fingerprint density at radius 3 is 2.56 bits per heavy atom. The van der Waals surface area contributed by atoms with Crippen molar-refractivity contribution in [2.45, 2.75) is 45.7 Å². The first-order chi connectivity index (χ1) is 11.7. The molecule has 25 heavy (non-hydrogen) atoms. The predicted octanol–water partition coefficient (Wildman–Crippen LogP) is 1.48. The fourth-order valence-corrected chi connectivity index (χ4v) is 2.84. The summed E-state index contributed by atoms with van der Waals surface area (Å²) in [6.07, 6.45) is 0.250. The zero-order valence-electron chi connectivity index (χ0n) is 15.3. The van der Waals surface area contributed by atoms with E-state index in [4.69, 9.17) is 4.74 Å². The van der Waals surface area contributed by atoms with Crippen LogP contribution >= 0.6 is 11.3 Å². The van der Waals surface area contributed by atoms with Crippen molar-refractivity contribution in [2.75, 3.05) is 20.7 Å². The number of ether oxygens (including phenoxy) is 1. The molecule has 2 N–H and O–H groups in total. The second-order valence-electron chi connectivity index (χ2n) is 5.98. The number of hydrogen-bond donors (Lipinski definition) is 2. The van der Waals surface area contributed by atoms with E-state index in [1.165, 1.54) is 18.9 Å². The first-order valence-electron chi connectivity index (χ1n) is 8.02. The van der Waals surface area contributed by atoms with Crippen molar-refractivity contribution in [3.05, 3.63) is 16.1 Å². The molecular formula is C16H26N4O4S. The molecule has 0 aliphatic rings. The fraction of sp³-hybridized carbons (Fsp3) is 0.625. The average Bonchev–Trinajstić information content (AvgIpc) is 3.01. The van der Waals surface area contributed by atoms with E-state index in [1.807, 2.05) is 5.38 Å². The van der Waals surface area contributed by atoms with Gasteiger partial charge in [-0.1, -0.05) is 13.8 Å². The Hall–Kier alpha value is -2.16. The Bertz CT molecular complexity index is 603. The number of esters is 1. The lowest BCUT2D eigenvalue weighted by Gasteiger charge is -2.21. The Labute approximate surface area is 151 Å². The summed E-state index contributed by atoms with van der Waals surface area (Å²) < 4.78 is 4.70. The van der Waals surface area contributed by atoms with Gasteiger partial charge in [0.05, 0.1) is 24.4 Å². The van der Waals surface area contributed by atoms with Crippen molar-refractivity contribution in [2.24, 2.45) is 0 Å². The number of urea groups is 1. The third-order valence-electron chi connectivity index (χ3n) is 3.40. The molecule has 0 unspecified atom stereocenters. The largest absolute Gasteiger partial charge is 0.467 e. The minimum Gasteiger partial charge on any atom is -0.467 e. The van der Waals surface area contributed by atoms with Crippen molar-refractivity contribution < 1.29 is 19.1 Å². The minimum atomic E-state index is -0.826. The molecule has 1 heterocycles. The topological polar surface area (TPSA) is 101 Å². The molecule has 0 bridgehead atoms. The van der Waals surface area contributed by atoms with Crippen molar-refractivity contribution in [3.63, 3.8) is 0 Å². The van der Waals surface area contributed by atoms with Gasteiger partial charge in [-0.05, 0) is 6.42 Å². The van der Waals surface area contributed by atoms with Crippen LogP contribution in [-0.4, -0.2) is 54.5 Å². The van der Waals surface area contributed by atoms with Gasteiger partial charge < -0.3 is 20.3 Å². The summed E-state index contributed by atoms with van der Waals surface area (Å²) in [6.45, 7) is 6.13. The third-order valence-corrected chi connectivity index (χ3v) is 4.59. The third kappa shape index (κ3) is 7.08. The van der Waals surface area contributed by atoms with Crippen LogP contribution in [0.3, 0.4) is 0 Å². The van der Waals surface area contributed by atoms with Crippen LogP contribution in [0.2, 0.25) is 0 Å². The van der Waals surface area contributed by atoms with Crippen LogP contribution < -0.4 is 10.6 Å². The molecule has 0 saturated heterocycles. The molecule has 0 radical (unpaired) electrons. The number of methoxy groups -OCH3 is 1. The molecule has 0 spiro atoms. The maximum absolute atomic E-state index is 12.3. The summed E-state index contributed by atoms with van der Waals surface area (Å²) in [5.74, 6) is -0.408. The number of hydrogen-bond acceptors (Lipinski definition) is 6. The summed E-state index contributed by atoms with van der Waals surface area (Å²) in [5.41, 5.74) is 0.805. The molecule has 1 rings (SSSR count). The van der Waals surface area contributed by atoms with Crippen LogP contribution in [0.5, 0.6) is 0 Å². The van der Waals surface area contributed by atoms with Gasteiger partial charge in [0.15, 0.2) is 0 Å². The van der Waals surface area contributed by atoms with E-state index in [0.717, 1.165) is 10.7 Å². The van der Waals surface area contributed by atoms with Gasteiger partial charge in [-0.2, -0.15) is 0 Å². The van der Waals surface area contributed by atoms with E-state index >= 15 is 0 Å². The normalized spacial score (nSPS) is 11.8. The lowest BCUT2D eigenvalue weighted by molar-refractivity contribution is -0.143. The van der Waals surface area contributed by atoms with Crippen LogP contribution in [0.15, 0.2) is 5.38 Å². The van der Waals surface area contributed by atoms with Gasteiger partial charge in [-0.3, -0.25) is 4.79 Å². The van der Waals surface area contributed by atoms with Crippen molar-refractivity contribution in [3.8, 4) is 0 Å². The summed E-state index contributed by atoms with van der Waals surface area (Å²) in [6, 6.07) is -1.23. The monoisotopic (exact) mass is 370 g/mol. The molecule has 0 aliphatic carbocycles. The molecule has 9 heteroatoms. The summed E-state index contributed by atoms with van der Waals surface area (Å²) in [7, 11) is 2.89. The number of amides is 3. The van der Waals surface area contributed by atoms with Crippen molar-refractivity contribution >= 4 is 29.2 Å². The number of nitrogens with zero attached hydrogens (tertiary/aromatic N) is 2. The van der Waals surface area contributed by atoms with E-state index in [2.05, 4.69) is 29.5 Å². The summed E-state index contributed by atoms with van der Waals surface area (Å²) in [4.78, 5) is 41.0. The second kappa shape index (κ2) is 9.97. The molecule has 1 aromatic heterocycles. The number of carbonyl (C=O) groups is 3. The van der Waals surface area contributed by atoms with E-state index in [9.17, 15) is 14.4 Å². The number of nitrogens with one attached hydrogen (secondary N) is 2. The number of thiazole rings is 1. The van der Waals surface area contributed by atoms with E-state index in [1.54, 1.807) is 18.4 Å². The maximum atomic E-state index is 12.3. The molecule has 1 atom stereocenters. The van der Waals surface area contributed by atoms with Crippen LogP contribution in [0.1, 0.15) is 43.8 Å². The average molecular weight is 370 g/mol. The SMILES string of the molecule is COC(=O)[C@H](CCNC(C)=O)NC(=O)N(C)Cc1csc(C(C)C)n1. The van der Waals surface area contributed by atoms with Gasteiger partial charge in [-0.15, -0.1) is 11.3 Å². The standard InChI is InChI=1S/C16H26N4O4S/c1-10(2)14-18-12(9-25-14)8-20(4)16(23)19-13(15(22)24-5)6-7-17-11(3)21/h9-10,13H,6-8H2,1-5H3,(H,17,21)(H,19,23)/t13-/m0/s1. The Morgan fingerprint density at radius 1 is 1.36 bits per heavy atom. The first-order valence-corrected chi connectivity index (χ1v) is 8.90. The highest BCUT2D eigenvalue weighted by Gasteiger charge is 2.23. The Balaban J connectivity index is 2.61. The van der Waals surface area contributed by atoms with Gasteiger partial charge >= 0.3 is 12.0 Å². The van der Waals surface area contributed by atoms with Gasteiger partial charge in [0, 0.05) is 31.8 Å². The smallest absolute Gasteiger partial charge is 0.328 e. The molecule has 0 aromatic carbocycles. The van der Waals surface area contributed by atoms with E-state index in [0.29, 0.717) is 12.5 Å². The molecule has 0 fully saturated rings. The molecule has 0 aliphatic heterocycles. The lowest BCUT2D eigenvalue weighted by atomic mass is 10.2. The highest BCUT2D eigenvalue weighted by atomic mass is 32.1. The second-order valence-corrected chi connectivity index (χ2v) is 6.87. The van der Waals surface area contributed by atoms with Gasteiger partial charge in [-0.25, -0.2) is 14.6 Å². The lowest BCUT2D eigenvalue weighted by Crippen LogP contribution is -2.48. The van der Waals surface area contributed by atoms with Crippen molar-refractivity contribution in [1.29, 1.82) is 0 Å². The molecule has 0 saturated carbocycles. The number of aromatic nitrogens is 1. The first kappa shape index (κ1) is 20.9. The number of carbonyl (C=O) groups excluding carboxylic acids is 3. The van der Waals surface area contributed by atoms with Crippen LogP contribution in [0.25, 0.3) is 0 Å². The number of rotatable bonds is 8. The molecule has 8 nitrogen and oxygen atoms in total. The van der Waals surface area contributed by atoms with Gasteiger partial charge in [0.25, 0.3) is 0 Å². The Morgan fingerprint density at radius 2 is 2.04 bits per heavy atom. The highest BCUT2D eigenvalue weighted by molar-refractivity contribution is 7.09. The maximum Gasteiger partial charge on any atom is 0.328 e. The zero-order chi connectivity index (χ0) is 19.0. The highest BCUT2D eigenvalue weighted by Crippen LogP contribution is 2.19. The van der Waals surface area contributed by atoms with Crippen LogP contribution in [-0.2, 0) is 20.9 Å². The molecule has 1 aromatic rings. The quantitative estimate of drug-likeness (QED) is 0.675. The van der Waals surface area contributed by atoms with Gasteiger partial charge in [0.2, 0.25) is 5.91 Å². The molecule has 3 amide bonds. The minimum absolute atomic E-state index is 0.198. The predicted molar refractivity (Wildman–Crippen MR) is 95.3 cm³/mol. The van der Waals surface area contributed by atoms with E-state index in [-0.39, 0.29) is 18.9 Å².